The van der Waals surface area contributed by atoms with Crippen LogP contribution < -0.4 is 5.32 Å². The summed E-state index contributed by atoms with van der Waals surface area (Å²) in [7, 11) is 3.29. The highest BCUT2D eigenvalue weighted by molar-refractivity contribution is 6.38. The van der Waals surface area contributed by atoms with Gasteiger partial charge in [0, 0.05) is 32.9 Å². The van der Waals surface area contributed by atoms with Crippen LogP contribution in [0.2, 0.25) is 0 Å². The highest BCUT2D eigenvalue weighted by atomic mass is 16.6. The van der Waals surface area contributed by atoms with Crippen LogP contribution in [0.3, 0.4) is 0 Å². The van der Waals surface area contributed by atoms with Crippen LogP contribution in [-0.2, 0) is 30.3 Å². The molecule has 2 unspecified atom stereocenters. The van der Waals surface area contributed by atoms with E-state index in [4.69, 9.17) is 9.47 Å². The summed E-state index contributed by atoms with van der Waals surface area (Å²) in [5.41, 5.74) is 0.897. The summed E-state index contributed by atoms with van der Waals surface area (Å²) in [4.78, 5) is 57.4. The summed E-state index contributed by atoms with van der Waals surface area (Å²) in [5.74, 6) is -2.16. The lowest BCUT2D eigenvalue weighted by molar-refractivity contribution is -0.135. The van der Waals surface area contributed by atoms with Crippen LogP contribution in [0.5, 0.6) is 0 Å². The Bertz CT molecular complexity index is 1000. The van der Waals surface area contributed by atoms with Crippen LogP contribution in [0.15, 0.2) is 47.5 Å². The van der Waals surface area contributed by atoms with Crippen molar-refractivity contribution in [2.24, 2.45) is 16.8 Å². The SMILES string of the molecule is CCOC(=O)C1=NC(=O)[C@H](CC(C)C)NC(=O)OC(Cc2ccccc2)CC/C=C/CC(C(=O)N(C)C)C1. The molecule has 1 aliphatic rings. The Labute approximate surface area is 225 Å². The summed E-state index contributed by atoms with van der Waals surface area (Å²) in [6, 6.07) is 8.74. The van der Waals surface area contributed by atoms with E-state index >= 15 is 0 Å². The number of amides is 3. The zero-order chi connectivity index (χ0) is 28.1. The fourth-order valence-electron chi connectivity index (χ4n) is 4.23. The van der Waals surface area contributed by atoms with E-state index < -0.39 is 36.0 Å². The molecule has 0 aliphatic carbocycles. The molecular weight excluding hydrogens is 486 g/mol. The van der Waals surface area contributed by atoms with Gasteiger partial charge in [-0.3, -0.25) is 9.59 Å². The first kappa shape index (κ1) is 30.7. The highest BCUT2D eigenvalue weighted by Gasteiger charge is 2.29. The third kappa shape index (κ3) is 10.5. The monoisotopic (exact) mass is 527 g/mol. The second-order valence-corrected chi connectivity index (χ2v) is 10.1. The number of ether oxygens (including phenoxy) is 2. The molecule has 3 atom stereocenters. The Morgan fingerprint density at radius 1 is 1.16 bits per heavy atom. The van der Waals surface area contributed by atoms with E-state index in [0.717, 1.165) is 5.56 Å². The van der Waals surface area contributed by atoms with Crippen LogP contribution in [0.4, 0.5) is 4.79 Å². The Morgan fingerprint density at radius 2 is 1.87 bits per heavy atom. The number of hydrogen-bond donors (Lipinski definition) is 1. The minimum atomic E-state index is -0.990. The predicted octanol–water partition coefficient (Wildman–Crippen LogP) is 4.10. The van der Waals surface area contributed by atoms with Crippen molar-refractivity contribution >= 4 is 29.6 Å². The number of esters is 1. The summed E-state index contributed by atoms with van der Waals surface area (Å²) in [6.45, 7) is 5.59. The largest absolute Gasteiger partial charge is 0.462 e. The van der Waals surface area contributed by atoms with Crippen LogP contribution in [0, 0.1) is 11.8 Å². The van der Waals surface area contributed by atoms with E-state index in [0.29, 0.717) is 32.1 Å². The van der Waals surface area contributed by atoms with Gasteiger partial charge in [-0.15, -0.1) is 0 Å². The third-order valence-corrected chi connectivity index (χ3v) is 6.11. The number of nitrogens with zero attached hydrogens (tertiary/aromatic N) is 2. The number of alkyl carbamates (subject to hydrolysis) is 1. The molecule has 0 radical (unpaired) electrons. The molecule has 0 bridgehead atoms. The van der Waals surface area contributed by atoms with Crippen LogP contribution in [0.1, 0.15) is 58.4 Å². The van der Waals surface area contributed by atoms with Crippen LogP contribution >= 0.6 is 0 Å². The highest BCUT2D eigenvalue weighted by Crippen LogP contribution is 2.18. The molecule has 1 aromatic carbocycles. The number of cyclic esters (lactones) is 1. The van der Waals surface area contributed by atoms with E-state index in [1.54, 1.807) is 21.0 Å². The van der Waals surface area contributed by atoms with Crippen LogP contribution in [-0.4, -0.2) is 67.3 Å². The van der Waals surface area contributed by atoms with Crippen molar-refractivity contribution < 1.29 is 28.7 Å². The van der Waals surface area contributed by atoms with Crippen molar-refractivity contribution in [3.05, 3.63) is 48.0 Å². The molecule has 0 spiro atoms. The van der Waals surface area contributed by atoms with E-state index in [1.807, 2.05) is 56.3 Å². The lowest BCUT2D eigenvalue weighted by Gasteiger charge is -2.22. The van der Waals surface area contributed by atoms with Crippen molar-refractivity contribution in [2.45, 2.75) is 71.4 Å². The molecule has 9 heteroatoms. The first-order chi connectivity index (χ1) is 18.1. The first-order valence-electron chi connectivity index (χ1n) is 13.3. The molecule has 1 heterocycles. The topological polar surface area (TPSA) is 114 Å². The zero-order valence-corrected chi connectivity index (χ0v) is 23.1. The summed E-state index contributed by atoms with van der Waals surface area (Å²) in [5, 5.41) is 2.66. The second kappa shape index (κ2) is 15.7. The summed E-state index contributed by atoms with van der Waals surface area (Å²) < 4.78 is 10.9. The molecule has 0 saturated carbocycles. The lowest BCUT2D eigenvalue weighted by Crippen LogP contribution is -2.43. The maximum absolute atomic E-state index is 13.3. The van der Waals surface area contributed by atoms with Gasteiger partial charge in [-0.05, 0) is 44.1 Å². The number of nitrogens with one attached hydrogen (secondary N) is 1. The quantitative estimate of drug-likeness (QED) is 0.422. The van der Waals surface area contributed by atoms with Crippen molar-refractivity contribution in [1.82, 2.24) is 10.2 Å². The standard InChI is InChI=1S/C29H41N3O6/c1-6-37-28(35)25-19-22(27(34)32(4)5)15-11-8-12-16-23(18-21-13-9-7-10-14-21)38-29(36)31-24(17-20(2)3)26(33)30-25/h7-11,13-14,20,22-24H,6,12,15-19H2,1-5H3,(H,31,36)/b11-8+,30-25?/t22?,23?,24-/m0/s1. The van der Waals surface area contributed by atoms with Crippen molar-refractivity contribution in [2.75, 3.05) is 20.7 Å². The van der Waals surface area contributed by atoms with Gasteiger partial charge in [0.1, 0.15) is 17.9 Å². The lowest BCUT2D eigenvalue weighted by atomic mass is 9.95. The van der Waals surface area contributed by atoms with Gasteiger partial charge in [0.05, 0.1) is 6.61 Å². The Balaban J connectivity index is 2.43. The number of carbonyl (C=O) groups excluding carboxylic acids is 4. The molecule has 3 amide bonds. The molecule has 1 N–H and O–H groups in total. The van der Waals surface area contributed by atoms with Crippen LogP contribution in [0.25, 0.3) is 0 Å². The first-order valence-corrected chi connectivity index (χ1v) is 13.3. The van der Waals surface area contributed by atoms with Gasteiger partial charge in [0.2, 0.25) is 5.91 Å². The fraction of sp³-hybridized carbons (Fsp3) is 0.552. The minimum absolute atomic E-state index is 0.0542. The molecule has 38 heavy (non-hydrogen) atoms. The van der Waals surface area contributed by atoms with Gasteiger partial charge >= 0.3 is 12.1 Å². The van der Waals surface area contributed by atoms with Gasteiger partial charge in [-0.2, -0.15) is 0 Å². The van der Waals surface area contributed by atoms with Crippen molar-refractivity contribution in [3.63, 3.8) is 0 Å². The Kier molecular flexibility index (Phi) is 12.7. The molecule has 1 aliphatic heterocycles. The number of carbonyl (C=O) groups is 4. The second-order valence-electron chi connectivity index (χ2n) is 10.1. The fourth-order valence-corrected chi connectivity index (χ4v) is 4.23. The molecule has 0 saturated heterocycles. The zero-order valence-electron chi connectivity index (χ0n) is 23.1. The molecule has 9 nitrogen and oxygen atoms in total. The molecular formula is C29H41N3O6. The molecule has 1 aromatic rings. The average molecular weight is 528 g/mol. The van der Waals surface area contributed by atoms with Crippen molar-refractivity contribution in [1.29, 1.82) is 0 Å². The summed E-state index contributed by atoms with van der Waals surface area (Å²) >= 11 is 0. The van der Waals surface area contributed by atoms with E-state index in [1.165, 1.54) is 4.90 Å². The number of benzene rings is 1. The molecule has 0 fully saturated rings. The maximum atomic E-state index is 13.3. The number of rotatable bonds is 7. The van der Waals surface area contributed by atoms with Gasteiger partial charge in [0.25, 0.3) is 5.91 Å². The number of hydrogen-bond acceptors (Lipinski definition) is 6. The van der Waals surface area contributed by atoms with Gasteiger partial charge in [-0.1, -0.05) is 56.3 Å². The molecule has 0 aromatic heterocycles. The van der Waals surface area contributed by atoms with Crippen molar-refractivity contribution in [3.8, 4) is 0 Å². The predicted molar refractivity (Wildman–Crippen MR) is 146 cm³/mol. The van der Waals surface area contributed by atoms with E-state index in [2.05, 4.69) is 10.3 Å². The molecule has 208 valence electrons. The van der Waals surface area contributed by atoms with Gasteiger partial charge in [0.15, 0.2) is 0 Å². The smallest absolute Gasteiger partial charge is 0.408 e. The normalized spacial score (nSPS) is 22.3. The maximum Gasteiger partial charge on any atom is 0.408 e. The summed E-state index contributed by atoms with van der Waals surface area (Å²) in [6.07, 6.45) is 5.04. The average Bonchev–Trinajstić information content (AvgIpc) is 2.86. The number of aliphatic imine (C=N–C) groups is 1. The Hall–Kier alpha value is -3.49. The minimum Gasteiger partial charge on any atom is -0.462 e. The van der Waals surface area contributed by atoms with Gasteiger partial charge in [-0.25, -0.2) is 14.6 Å². The van der Waals surface area contributed by atoms with E-state index in [-0.39, 0.29) is 30.6 Å². The van der Waals surface area contributed by atoms with E-state index in [9.17, 15) is 19.2 Å². The Morgan fingerprint density at radius 3 is 2.50 bits per heavy atom. The van der Waals surface area contributed by atoms with Gasteiger partial charge < -0.3 is 19.7 Å². The molecule has 2 rings (SSSR count). The number of allylic oxidation sites excluding steroid dienone is 2. The third-order valence-electron chi connectivity index (χ3n) is 6.11.